The van der Waals surface area contributed by atoms with Crippen LogP contribution in [-0.2, 0) is 6.61 Å². The normalized spacial score (nSPS) is 11.0. The van der Waals surface area contributed by atoms with Crippen molar-refractivity contribution in [2.24, 2.45) is 5.10 Å². The van der Waals surface area contributed by atoms with Crippen molar-refractivity contribution in [2.45, 2.75) is 13.5 Å². The van der Waals surface area contributed by atoms with E-state index in [0.717, 1.165) is 23.4 Å². The number of halogens is 2. The SMILES string of the molecule is COc1ccc(C=NNc2nc(C)cs2)cc1COc1ccc(F)cc1F. The molecule has 0 radical (unpaired) electrons. The summed E-state index contributed by atoms with van der Waals surface area (Å²) in [7, 11) is 1.54. The van der Waals surface area contributed by atoms with Gasteiger partial charge in [0.1, 0.15) is 18.2 Å². The van der Waals surface area contributed by atoms with E-state index in [1.54, 1.807) is 12.3 Å². The van der Waals surface area contributed by atoms with Crippen molar-refractivity contribution in [2.75, 3.05) is 12.5 Å². The summed E-state index contributed by atoms with van der Waals surface area (Å²) in [6.07, 6.45) is 1.64. The standard InChI is InChI=1S/C19H17F2N3O2S/c1-12-11-27-19(23-12)24-22-9-13-3-5-17(25-2)14(7-13)10-26-18-6-4-15(20)8-16(18)21/h3-9,11H,10H2,1-2H3,(H,23,24). The molecular weight excluding hydrogens is 372 g/mol. The lowest BCUT2D eigenvalue weighted by Gasteiger charge is -2.11. The van der Waals surface area contributed by atoms with E-state index in [1.165, 1.54) is 24.5 Å². The summed E-state index contributed by atoms with van der Waals surface area (Å²) in [5.41, 5.74) is 5.29. The Labute approximate surface area is 159 Å². The van der Waals surface area contributed by atoms with Gasteiger partial charge >= 0.3 is 0 Å². The molecular formula is C19H17F2N3O2S. The molecule has 0 aliphatic carbocycles. The van der Waals surface area contributed by atoms with Gasteiger partial charge in [-0.25, -0.2) is 13.8 Å². The fraction of sp³-hybridized carbons (Fsp3) is 0.158. The molecule has 8 heteroatoms. The summed E-state index contributed by atoms with van der Waals surface area (Å²) in [6.45, 7) is 1.97. The molecule has 0 fully saturated rings. The fourth-order valence-electron chi connectivity index (χ4n) is 2.31. The monoisotopic (exact) mass is 389 g/mol. The van der Waals surface area contributed by atoms with Crippen LogP contribution in [0.3, 0.4) is 0 Å². The number of ether oxygens (including phenoxy) is 2. The molecule has 1 heterocycles. The highest BCUT2D eigenvalue weighted by Crippen LogP contribution is 2.24. The quantitative estimate of drug-likeness (QED) is 0.467. The summed E-state index contributed by atoms with van der Waals surface area (Å²) in [4.78, 5) is 4.26. The smallest absolute Gasteiger partial charge is 0.203 e. The number of hydrogen-bond donors (Lipinski definition) is 1. The summed E-state index contributed by atoms with van der Waals surface area (Å²) in [6, 6.07) is 8.60. The second kappa shape index (κ2) is 8.59. The molecule has 0 saturated heterocycles. The lowest BCUT2D eigenvalue weighted by atomic mass is 10.1. The number of thiazole rings is 1. The van der Waals surface area contributed by atoms with Gasteiger partial charge in [-0.15, -0.1) is 11.3 Å². The van der Waals surface area contributed by atoms with Crippen molar-refractivity contribution in [3.8, 4) is 11.5 Å². The zero-order valence-electron chi connectivity index (χ0n) is 14.7. The van der Waals surface area contributed by atoms with Gasteiger partial charge in [-0.2, -0.15) is 5.10 Å². The van der Waals surface area contributed by atoms with E-state index in [1.807, 2.05) is 24.4 Å². The average molecular weight is 389 g/mol. The first-order chi connectivity index (χ1) is 13.0. The highest BCUT2D eigenvalue weighted by Gasteiger charge is 2.09. The molecule has 1 N–H and O–H groups in total. The molecule has 5 nitrogen and oxygen atoms in total. The number of methoxy groups -OCH3 is 1. The number of rotatable bonds is 7. The van der Waals surface area contributed by atoms with Crippen molar-refractivity contribution in [3.63, 3.8) is 0 Å². The van der Waals surface area contributed by atoms with Gasteiger partial charge in [0.2, 0.25) is 5.13 Å². The maximum atomic E-state index is 13.7. The molecule has 1 aromatic heterocycles. The van der Waals surface area contributed by atoms with E-state index in [-0.39, 0.29) is 12.4 Å². The van der Waals surface area contributed by atoms with E-state index in [0.29, 0.717) is 16.4 Å². The van der Waals surface area contributed by atoms with Crippen LogP contribution >= 0.6 is 11.3 Å². The molecule has 0 aliphatic heterocycles. The van der Waals surface area contributed by atoms with E-state index >= 15 is 0 Å². The topological polar surface area (TPSA) is 55.7 Å². The molecule has 0 amide bonds. The predicted octanol–water partition coefficient (Wildman–Crippen LogP) is 4.76. The van der Waals surface area contributed by atoms with Crippen LogP contribution in [0.1, 0.15) is 16.8 Å². The number of aryl methyl sites for hydroxylation is 1. The average Bonchev–Trinajstić information content (AvgIpc) is 3.06. The molecule has 0 spiro atoms. The molecule has 0 aliphatic rings. The van der Waals surface area contributed by atoms with Crippen LogP contribution in [0.25, 0.3) is 0 Å². The Kier molecular flexibility index (Phi) is 5.97. The number of nitrogens with one attached hydrogen (secondary N) is 1. The molecule has 0 bridgehead atoms. The lowest BCUT2D eigenvalue weighted by Crippen LogP contribution is -2.01. The minimum atomic E-state index is -0.755. The van der Waals surface area contributed by atoms with E-state index in [9.17, 15) is 8.78 Å². The summed E-state index contributed by atoms with van der Waals surface area (Å²) in [5.74, 6) is -0.843. The number of hydrazone groups is 1. The van der Waals surface area contributed by atoms with Crippen LogP contribution in [-0.4, -0.2) is 18.3 Å². The van der Waals surface area contributed by atoms with Crippen molar-refractivity contribution in [3.05, 3.63) is 70.2 Å². The highest BCUT2D eigenvalue weighted by atomic mass is 32.1. The number of hydrogen-bond acceptors (Lipinski definition) is 6. The van der Waals surface area contributed by atoms with E-state index in [4.69, 9.17) is 9.47 Å². The van der Waals surface area contributed by atoms with Crippen LogP contribution < -0.4 is 14.9 Å². The number of anilines is 1. The number of nitrogens with zero attached hydrogens (tertiary/aromatic N) is 2. The van der Waals surface area contributed by atoms with Crippen molar-refractivity contribution in [1.29, 1.82) is 0 Å². The van der Waals surface area contributed by atoms with Crippen LogP contribution in [0, 0.1) is 18.6 Å². The van der Waals surface area contributed by atoms with Crippen LogP contribution in [0.5, 0.6) is 11.5 Å². The minimum Gasteiger partial charge on any atom is -0.496 e. The van der Waals surface area contributed by atoms with Gasteiger partial charge in [0.15, 0.2) is 11.6 Å². The molecule has 3 rings (SSSR count). The Bertz CT molecular complexity index is 960. The van der Waals surface area contributed by atoms with Gasteiger partial charge in [-0.3, -0.25) is 5.43 Å². The van der Waals surface area contributed by atoms with Crippen LogP contribution in [0.2, 0.25) is 0 Å². The first kappa shape index (κ1) is 18.8. The van der Waals surface area contributed by atoms with Gasteiger partial charge in [0, 0.05) is 17.0 Å². The molecule has 3 aromatic rings. The van der Waals surface area contributed by atoms with Crippen LogP contribution in [0.4, 0.5) is 13.9 Å². The maximum Gasteiger partial charge on any atom is 0.203 e. The third kappa shape index (κ3) is 5.01. The second-order valence-corrected chi connectivity index (χ2v) is 6.46. The number of benzene rings is 2. The number of aromatic nitrogens is 1. The fourth-order valence-corrected chi connectivity index (χ4v) is 2.94. The van der Waals surface area contributed by atoms with Gasteiger partial charge in [0.25, 0.3) is 0 Å². The predicted molar refractivity (Wildman–Crippen MR) is 102 cm³/mol. The summed E-state index contributed by atoms with van der Waals surface area (Å²) >= 11 is 1.46. The molecule has 140 valence electrons. The Morgan fingerprint density at radius 2 is 2.00 bits per heavy atom. The van der Waals surface area contributed by atoms with Crippen molar-refractivity contribution >= 4 is 22.7 Å². The molecule has 2 aromatic carbocycles. The second-order valence-electron chi connectivity index (χ2n) is 5.60. The lowest BCUT2D eigenvalue weighted by molar-refractivity contribution is 0.282. The maximum absolute atomic E-state index is 13.7. The zero-order valence-corrected chi connectivity index (χ0v) is 15.5. The van der Waals surface area contributed by atoms with Crippen molar-refractivity contribution in [1.82, 2.24) is 4.98 Å². The minimum absolute atomic E-state index is 0.0293. The Hall–Kier alpha value is -3.00. The van der Waals surface area contributed by atoms with E-state index in [2.05, 4.69) is 15.5 Å². The third-order valence-electron chi connectivity index (χ3n) is 3.57. The highest BCUT2D eigenvalue weighted by molar-refractivity contribution is 7.13. The third-order valence-corrected chi connectivity index (χ3v) is 4.44. The van der Waals surface area contributed by atoms with Gasteiger partial charge in [0.05, 0.1) is 19.0 Å². The first-order valence-corrected chi connectivity index (χ1v) is 8.89. The van der Waals surface area contributed by atoms with Gasteiger partial charge in [-0.1, -0.05) is 0 Å². The van der Waals surface area contributed by atoms with Crippen molar-refractivity contribution < 1.29 is 18.3 Å². The zero-order chi connectivity index (χ0) is 19.2. The van der Waals surface area contributed by atoms with E-state index < -0.39 is 11.6 Å². The molecule has 0 atom stereocenters. The van der Waals surface area contributed by atoms with Gasteiger partial charge in [-0.05, 0) is 42.8 Å². The molecule has 27 heavy (non-hydrogen) atoms. The summed E-state index contributed by atoms with van der Waals surface area (Å²) in [5, 5.41) is 6.78. The molecule has 0 saturated carbocycles. The van der Waals surface area contributed by atoms with Gasteiger partial charge < -0.3 is 9.47 Å². The first-order valence-electron chi connectivity index (χ1n) is 8.01. The van der Waals surface area contributed by atoms with Crippen LogP contribution in [0.15, 0.2) is 46.9 Å². The Morgan fingerprint density at radius 1 is 1.19 bits per heavy atom. The Morgan fingerprint density at radius 3 is 2.70 bits per heavy atom. The molecule has 0 unspecified atom stereocenters. The summed E-state index contributed by atoms with van der Waals surface area (Å²) < 4.78 is 37.5. The largest absolute Gasteiger partial charge is 0.496 e. The Balaban J connectivity index is 1.70.